The van der Waals surface area contributed by atoms with Gasteiger partial charge in [0.05, 0.1) is 18.6 Å². The predicted octanol–water partition coefficient (Wildman–Crippen LogP) is 1.86. The molecule has 4 nitrogen and oxygen atoms in total. The van der Waals surface area contributed by atoms with Crippen molar-refractivity contribution in [2.45, 2.75) is 18.3 Å². The molecule has 1 amide bonds. The average molecular weight is 295 g/mol. The standard InChI is InChI=1S/C15H19ClN2O2/c16-13-9-15(19)18(11-13)10-12-3-1-2-4-14(12)17-5-7-20-8-6-17/h1-4,13H,5-11H2. The quantitative estimate of drug-likeness (QED) is 0.798. The number of anilines is 1. The lowest BCUT2D eigenvalue weighted by molar-refractivity contribution is -0.128. The Morgan fingerprint density at radius 3 is 2.70 bits per heavy atom. The number of morpholine rings is 1. The number of nitrogens with zero attached hydrogens (tertiary/aromatic N) is 2. The van der Waals surface area contributed by atoms with Crippen molar-refractivity contribution >= 4 is 23.2 Å². The molecule has 2 heterocycles. The molecule has 1 atom stereocenters. The number of likely N-dealkylation sites (tertiary alicyclic amines) is 1. The zero-order valence-corrected chi connectivity index (χ0v) is 12.2. The zero-order valence-electron chi connectivity index (χ0n) is 11.4. The SMILES string of the molecule is O=C1CC(Cl)CN1Cc1ccccc1N1CCOCC1. The summed E-state index contributed by atoms with van der Waals surface area (Å²) in [7, 11) is 0. The molecule has 20 heavy (non-hydrogen) atoms. The smallest absolute Gasteiger partial charge is 0.224 e. The number of amides is 1. The van der Waals surface area contributed by atoms with Gasteiger partial charge < -0.3 is 14.5 Å². The van der Waals surface area contributed by atoms with E-state index in [0.29, 0.717) is 19.5 Å². The van der Waals surface area contributed by atoms with Crippen molar-refractivity contribution in [2.75, 3.05) is 37.7 Å². The summed E-state index contributed by atoms with van der Waals surface area (Å²) in [4.78, 5) is 16.1. The van der Waals surface area contributed by atoms with Gasteiger partial charge in [0.2, 0.25) is 5.91 Å². The van der Waals surface area contributed by atoms with Gasteiger partial charge in [-0.3, -0.25) is 4.79 Å². The van der Waals surface area contributed by atoms with E-state index in [2.05, 4.69) is 17.0 Å². The zero-order chi connectivity index (χ0) is 13.9. The van der Waals surface area contributed by atoms with Gasteiger partial charge >= 0.3 is 0 Å². The topological polar surface area (TPSA) is 32.8 Å². The highest BCUT2D eigenvalue weighted by Gasteiger charge is 2.28. The minimum absolute atomic E-state index is 0.0435. The first kappa shape index (κ1) is 13.7. The van der Waals surface area contributed by atoms with Crippen LogP contribution in [-0.2, 0) is 16.1 Å². The number of alkyl halides is 1. The average Bonchev–Trinajstić information content (AvgIpc) is 2.78. The van der Waals surface area contributed by atoms with Crippen molar-refractivity contribution in [3.8, 4) is 0 Å². The Hall–Kier alpha value is -1.26. The van der Waals surface area contributed by atoms with Crippen molar-refractivity contribution in [3.63, 3.8) is 0 Å². The number of halogens is 1. The van der Waals surface area contributed by atoms with E-state index < -0.39 is 0 Å². The fraction of sp³-hybridized carbons (Fsp3) is 0.533. The number of hydrogen-bond acceptors (Lipinski definition) is 3. The lowest BCUT2D eigenvalue weighted by Gasteiger charge is -2.31. The highest BCUT2D eigenvalue weighted by Crippen LogP contribution is 2.25. The summed E-state index contributed by atoms with van der Waals surface area (Å²) in [5, 5.41) is -0.0435. The Balaban J connectivity index is 1.77. The molecule has 2 saturated heterocycles. The number of benzene rings is 1. The molecule has 5 heteroatoms. The number of carbonyl (C=O) groups excluding carboxylic acids is 1. The van der Waals surface area contributed by atoms with E-state index in [9.17, 15) is 4.79 Å². The third kappa shape index (κ3) is 2.91. The number of rotatable bonds is 3. The van der Waals surface area contributed by atoms with Crippen LogP contribution >= 0.6 is 11.6 Å². The van der Waals surface area contributed by atoms with E-state index >= 15 is 0 Å². The van der Waals surface area contributed by atoms with Gasteiger partial charge in [0.1, 0.15) is 0 Å². The van der Waals surface area contributed by atoms with E-state index in [1.807, 2.05) is 17.0 Å². The molecule has 0 N–H and O–H groups in total. The van der Waals surface area contributed by atoms with Crippen molar-refractivity contribution in [2.24, 2.45) is 0 Å². The molecular formula is C15H19ClN2O2. The fourth-order valence-electron chi connectivity index (χ4n) is 2.84. The van der Waals surface area contributed by atoms with Crippen LogP contribution in [0.15, 0.2) is 24.3 Å². The molecule has 108 valence electrons. The molecule has 1 aromatic carbocycles. The normalized spacial score (nSPS) is 23.4. The van der Waals surface area contributed by atoms with E-state index in [1.54, 1.807) is 0 Å². The summed E-state index contributed by atoms with van der Waals surface area (Å²) in [6.45, 7) is 4.64. The first-order chi connectivity index (χ1) is 9.74. The van der Waals surface area contributed by atoms with Crippen LogP contribution in [0.2, 0.25) is 0 Å². The molecule has 0 bridgehead atoms. The monoisotopic (exact) mass is 294 g/mol. The van der Waals surface area contributed by atoms with Crippen molar-refractivity contribution < 1.29 is 9.53 Å². The highest BCUT2D eigenvalue weighted by molar-refractivity contribution is 6.22. The maximum atomic E-state index is 11.9. The van der Waals surface area contributed by atoms with Crippen LogP contribution in [0.25, 0.3) is 0 Å². The summed E-state index contributed by atoms with van der Waals surface area (Å²) in [6, 6.07) is 8.29. The Morgan fingerprint density at radius 2 is 2.00 bits per heavy atom. The van der Waals surface area contributed by atoms with Gasteiger partial charge in [-0.05, 0) is 11.6 Å². The van der Waals surface area contributed by atoms with Gasteiger partial charge in [-0.2, -0.15) is 0 Å². The molecule has 1 aromatic rings. The van der Waals surface area contributed by atoms with Crippen LogP contribution in [-0.4, -0.2) is 49.0 Å². The van der Waals surface area contributed by atoms with Crippen molar-refractivity contribution in [3.05, 3.63) is 29.8 Å². The number of para-hydroxylation sites is 1. The Bertz CT molecular complexity index is 489. The maximum Gasteiger partial charge on any atom is 0.224 e. The number of ether oxygens (including phenoxy) is 1. The summed E-state index contributed by atoms with van der Waals surface area (Å²) in [5.41, 5.74) is 2.40. The van der Waals surface area contributed by atoms with Crippen molar-refractivity contribution in [1.29, 1.82) is 0 Å². The van der Waals surface area contributed by atoms with Gasteiger partial charge in [-0.1, -0.05) is 18.2 Å². The van der Waals surface area contributed by atoms with Crippen LogP contribution < -0.4 is 4.90 Å². The highest BCUT2D eigenvalue weighted by atomic mass is 35.5. The Kier molecular flexibility index (Phi) is 4.13. The lowest BCUT2D eigenvalue weighted by atomic mass is 10.1. The van der Waals surface area contributed by atoms with Gasteiger partial charge in [0, 0.05) is 38.3 Å². The molecule has 2 aliphatic heterocycles. The van der Waals surface area contributed by atoms with Gasteiger partial charge in [-0.15, -0.1) is 11.6 Å². The second kappa shape index (κ2) is 6.02. The van der Waals surface area contributed by atoms with E-state index in [1.165, 1.54) is 11.3 Å². The predicted molar refractivity (Wildman–Crippen MR) is 79.1 cm³/mol. The molecule has 0 saturated carbocycles. The molecule has 0 radical (unpaired) electrons. The van der Waals surface area contributed by atoms with E-state index in [4.69, 9.17) is 16.3 Å². The Morgan fingerprint density at radius 1 is 1.25 bits per heavy atom. The van der Waals surface area contributed by atoms with Crippen LogP contribution in [0.3, 0.4) is 0 Å². The molecular weight excluding hydrogens is 276 g/mol. The third-order valence-corrected chi connectivity index (χ3v) is 4.16. The van der Waals surface area contributed by atoms with Crippen LogP contribution in [0, 0.1) is 0 Å². The fourth-order valence-corrected chi connectivity index (χ4v) is 3.14. The lowest BCUT2D eigenvalue weighted by Crippen LogP contribution is -2.37. The molecule has 0 aliphatic carbocycles. The summed E-state index contributed by atoms with van der Waals surface area (Å²) in [5.74, 6) is 0.154. The Labute approximate surface area is 124 Å². The second-order valence-corrected chi connectivity index (χ2v) is 5.92. The second-order valence-electron chi connectivity index (χ2n) is 5.30. The first-order valence-electron chi connectivity index (χ1n) is 7.06. The van der Waals surface area contributed by atoms with E-state index in [-0.39, 0.29) is 11.3 Å². The molecule has 3 rings (SSSR count). The maximum absolute atomic E-state index is 11.9. The molecule has 2 fully saturated rings. The molecule has 0 spiro atoms. The van der Waals surface area contributed by atoms with Gasteiger partial charge in [0.15, 0.2) is 0 Å². The number of hydrogen-bond donors (Lipinski definition) is 0. The van der Waals surface area contributed by atoms with Gasteiger partial charge in [0.25, 0.3) is 0 Å². The van der Waals surface area contributed by atoms with Crippen LogP contribution in [0.5, 0.6) is 0 Å². The van der Waals surface area contributed by atoms with Crippen LogP contribution in [0.4, 0.5) is 5.69 Å². The minimum Gasteiger partial charge on any atom is -0.378 e. The third-order valence-electron chi connectivity index (χ3n) is 3.87. The minimum atomic E-state index is -0.0435. The van der Waals surface area contributed by atoms with Gasteiger partial charge in [-0.25, -0.2) is 0 Å². The summed E-state index contributed by atoms with van der Waals surface area (Å²) < 4.78 is 5.40. The van der Waals surface area contributed by atoms with Crippen LogP contribution in [0.1, 0.15) is 12.0 Å². The largest absolute Gasteiger partial charge is 0.378 e. The van der Waals surface area contributed by atoms with E-state index in [0.717, 1.165) is 26.3 Å². The molecule has 2 aliphatic rings. The molecule has 1 unspecified atom stereocenters. The summed E-state index contributed by atoms with van der Waals surface area (Å²) >= 11 is 6.07. The first-order valence-corrected chi connectivity index (χ1v) is 7.50. The van der Waals surface area contributed by atoms with Crippen molar-refractivity contribution in [1.82, 2.24) is 4.90 Å². The molecule has 0 aromatic heterocycles. The summed E-state index contributed by atoms with van der Waals surface area (Å²) in [6.07, 6.45) is 0.460. The number of carbonyl (C=O) groups is 1.